The average Bonchev–Trinajstić information content (AvgIpc) is 2.98. The Kier molecular flexibility index (Phi) is 4.24. The molecule has 19 heavy (non-hydrogen) atoms. The first-order valence-corrected chi connectivity index (χ1v) is 6.80. The van der Waals surface area contributed by atoms with Crippen LogP contribution in [0.4, 0.5) is 0 Å². The van der Waals surface area contributed by atoms with E-state index in [0.29, 0.717) is 18.5 Å². The highest BCUT2D eigenvalue weighted by molar-refractivity contribution is 5.93. The molecule has 1 aromatic heterocycles. The van der Waals surface area contributed by atoms with Crippen molar-refractivity contribution in [2.75, 3.05) is 0 Å². The Bertz CT molecular complexity index is 467. The highest BCUT2D eigenvalue weighted by atomic mass is 16.4. The first-order chi connectivity index (χ1) is 9.11. The summed E-state index contributed by atoms with van der Waals surface area (Å²) in [6.45, 7) is 2.88. The molecule has 0 unspecified atom stereocenters. The number of hydrogen-bond donors (Lipinski definition) is 2. The summed E-state index contributed by atoms with van der Waals surface area (Å²) in [6.07, 6.45) is 4.80. The van der Waals surface area contributed by atoms with Crippen LogP contribution in [0.25, 0.3) is 0 Å². The van der Waals surface area contributed by atoms with E-state index in [4.69, 9.17) is 5.11 Å². The molecule has 1 fully saturated rings. The summed E-state index contributed by atoms with van der Waals surface area (Å²) < 4.78 is 1.93. The van der Waals surface area contributed by atoms with Gasteiger partial charge in [0.15, 0.2) is 0 Å². The van der Waals surface area contributed by atoms with E-state index in [9.17, 15) is 9.59 Å². The molecule has 1 aliphatic rings. The third-order valence-electron chi connectivity index (χ3n) is 3.64. The van der Waals surface area contributed by atoms with E-state index in [0.717, 1.165) is 19.4 Å². The standard InChI is InChI=1S/C14H20N2O3/c1-2-7-16-8-3-4-12(16)13(17)15-11-6-5-10(9-11)14(18)19/h3-4,8,10-11H,2,5-7,9H2,1H3,(H,15,17)(H,18,19)/t10-,11+/m1/s1. The summed E-state index contributed by atoms with van der Waals surface area (Å²) >= 11 is 0. The summed E-state index contributed by atoms with van der Waals surface area (Å²) in [4.78, 5) is 23.0. The van der Waals surface area contributed by atoms with Crippen molar-refractivity contribution >= 4 is 11.9 Å². The molecule has 1 heterocycles. The molecule has 1 amide bonds. The zero-order chi connectivity index (χ0) is 13.8. The molecule has 0 spiro atoms. The number of rotatable bonds is 5. The molecule has 0 aliphatic heterocycles. The number of carbonyl (C=O) groups excluding carboxylic acids is 1. The molecular weight excluding hydrogens is 244 g/mol. The van der Waals surface area contributed by atoms with Crippen LogP contribution in [-0.2, 0) is 11.3 Å². The van der Waals surface area contributed by atoms with Crippen molar-refractivity contribution < 1.29 is 14.7 Å². The van der Waals surface area contributed by atoms with Crippen LogP contribution in [0.1, 0.15) is 43.1 Å². The predicted octanol–water partition coefficient (Wildman–Crippen LogP) is 1.88. The number of hydrogen-bond acceptors (Lipinski definition) is 2. The maximum Gasteiger partial charge on any atom is 0.306 e. The molecule has 2 N–H and O–H groups in total. The van der Waals surface area contributed by atoms with E-state index in [1.165, 1.54) is 0 Å². The van der Waals surface area contributed by atoms with Crippen molar-refractivity contribution in [3.8, 4) is 0 Å². The number of aromatic nitrogens is 1. The first-order valence-electron chi connectivity index (χ1n) is 6.80. The largest absolute Gasteiger partial charge is 0.481 e. The topological polar surface area (TPSA) is 71.3 Å². The summed E-state index contributed by atoms with van der Waals surface area (Å²) in [5.41, 5.74) is 0.653. The van der Waals surface area contributed by atoms with Gasteiger partial charge in [0.1, 0.15) is 5.69 Å². The number of carboxylic acid groups (broad SMARTS) is 1. The predicted molar refractivity (Wildman–Crippen MR) is 71.0 cm³/mol. The van der Waals surface area contributed by atoms with Crippen molar-refractivity contribution in [2.24, 2.45) is 5.92 Å². The minimum absolute atomic E-state index is 0.0152. The van der Waals surface area contributed by atoms with Gasteiger partial charge in [-0.05, 0) is 37.8 Å². The lowest BCUT2D eigenvalue weighted by atomic mass is 10.1. The fraction of sp³-hybridized carbons (Fsp3) is 0.571. The number of nitrogens with one attached hydrogen (secondary N) is 1. The summed E-state index contributed by atoms with van der Waals surface area (Å²) in [6, 6.07) is 3.65. The fourth-order valence-corrected chi connectivity index (χ4v) is 2.65. The lowest BCUT2D eigenvalue weighted by Crippen LogP contribution is -2.34. The minimum atomic E-state index is -0.758. The molecular formula is C14H20N2O3. The van der Waals surface area contributed by atoms with E-state index in [1.807, 2.05) is 16.8 Å². The van der Waals surface area contributed by atoms with Crippen LogP contribution >= 0.6 is 0 Å². The number of carbonyl (C=O) groups is 2. The lowest BCUT2D eigenvalue weighted by Gasteiger charge is -2.14. The Balaban J connectivity index is 1.94. The van der Waals surface area contributed by atoms with Crippen LogP contribution in [0.3, 0.4) is 0 Å². The Labute approximate surface area is 112 Å². The maximum atomic E-state index is 12.2. The van der Waals surface area contributed by atoms with Gasteiger partial charge in [-0.25, -0.2) is 0 Å². The van der Waals surface area contributed by atoms with Crippen LogP contribution in [0.15, 0.2) is 18.3 Å². The number of carboxylic acids is 1. The normalized spacial score (nSPS) is 22.4. The summed E-state index contributed by atoms with van der Waals surface area (Å²) in [5, 5.41) is 11.9. The van der Waals surface area contributed by atoms with E-state index in [1.54, 1.807) is 6.07 Å². The van der Waals surface area contributed by atoms with Crippen molar-refractivity contribution in [3.05, 3.63) is 24.0 Å². The van der Waals surface area contributed by atoms with Gasteiger partial charge < -0.3 is 15.0 Å². The molecule has 104 valence electrons. The molecule has 0 radical (unpaired) electrons. The zero-order valence-corrected chi connectivity index (χ0v) is 11.1. The van der Waals surface area contributed by atoms with Crippen molar-refractivity contribution in [1.82, 2.24) is 9.88 Å². The minimum Gasteiger partial charge on any atom is -0.481 e. The second-order valence-corrected chi connectivity index (χ2v) is 5.11. The van der Waals surface area contributed by atoms with Crippen molar-refractivity contribution in [2.45, 2.75) is 45.2 Å². The lowest BCUT2D eigenvalue weighted by molar-refractivity contribution is -0.141. The molecule has 1 aliphatic carbocycles. The molecule has 1 saturated carbocycles. The molecule has 0 saturated heterocycles. The molecule has 1 aromatic rings. The molecule has 2 rings (SSSR count). The third-order valence-corrected chi connectivity index (χ3v) is 3.64. The molecule has 5 nitrogen and oxygen atoms in total. The zero-order valence-electron chi connectivity index (χ0n) is 11.1. The SMILES string of the molecule is CCCn1cccc1C(=O)N[C@H]1CC[C@@H](C(=O)O)C1. The van der Waals surface area contributed by atoms with Gasteiger partial charge in [-0.2, -0.15) is 0 Å². The van der Waals surface area contributed by atoms with Gasteiger partial charge in [0.05, 0.1) is 5.92 Å². The van der Waals surface area contributed by atoms with Crippen LogP contribution in [-0.4, -0.2) is 27.6 Å². The van der Waals surface area contributed by atoms with Gasteiger partial charge in [-0.15, -0.1) is 0 Å². The van der Waals surface area contributed by atoms with E-state index >= 15 is 0 Å². The Hall–Kier alpha value is -1.78. The number of aliphatic carboxylic acids is 1. The highest BCUT2D eigenvalue weighted by Gasteiger charge is 2.30. The number of amides is 1. The monoisotopic (exact) mass is 264 g/mol. The van der Waals surface area contributed by atoms with Gasteiger partial charge in [-0.1, -0.05) is 6.92 Å². The van der Waals surface area contributed by atoms with Crippen LogP contribution < -0.4 is 5.32 Å². The number of aryl methyl sites for hydroxylation is 1. The van der Waals surface area contributed by atoms with Gasteiger partial charge >= 0.3 is 5.97 Å². The van der Waals surface area contributed by atoms with Gasteiger partial charge in [0.2, 0.25) is 0 Å². The highest BCUT2D eigenvalue weighted by Crippen LogP contribution is 2.25. The Morgan fingerprint density at radius 3 is 2.89 bits per heavy atom. The van der Waals surface area contributed by atoms with Gasteiger partial charge in [0.25, 0.3) is 5.91 Å². The van der Waals surface area contributed by atoms with Crippen molar-refractivity contribution in [1.29, 1.82) is 0 Å². The van der Waals surface area contributed by atoms with Crippen molar-refractivity contribution in [3.63, 3.8) is 0 Å². The first kappa shape index (κ1) is 13.6. The van der Waals surface area contributed by atoms with E-state index < -0.39 is 5.97 Å². The number of nitrogens with zero attached hydrogens (tertiary/aromatic N) is 1. The second-order valence-electron chi connectivity index (χ2n) is 5.11. The molecule has 0 aromatic carbocycles. The maximum absolute atomic E-state index is 12.2. The summed E-state index contributed by atoms with van der Waals surface area (Å²) in [7, 11) is 0. The van der Waals surface area contributed by atoms with E-state index in [2.05, 4.69) is 12.2 Å². The Morgan fingerprint density at radius 2 is 2.26 bits per heavy atom. The Morgan fingerprint density at radius 1 is 1.47 bits per heavy atom. The van der Waals surface area contributed by atoms with Gasteiger partial charge in [-0.3, -0.25) is 9.59 Å². The van der Waals surface area contributed by atoms with Gasteiger partial charge in [0, 0.05) is 18.8 Å². The second kappa shape index (κ2) is 5.91. The van der Waals surface area contributed by atoms with Crippen LogP contribution in [0.5, 0.6) is 0 Å². The van der Waals surface area contributed by atoms with E-state index in [-0.39, 0.29) is 17.9 Å². The average molecular weight is 264 g/mol. The quantitative estimate of drug-likeness (QED) is 0.853. The summed E-state index contributed by atoms with van der Waals surface area (Å²) in [5.74, 6) is -1.17. The molecule has 5 heteroatoms. The smallest absolute Gasteiger partial charge is 0.306 e. The van der Waals surface area contributed by atoms with Crippen LogP contribution in [0, 0.1) is 5.92 Å². The van der Waals surface area contributed by atoms with Crippen LogP contribution in [0.2, 0.25) is 0 Å². The fourth-order valence-electron chi connectivity index (χ4n) is 2.65. The molecule has 0 bridgehead atoms. The third kappa shape index (κ3) is 3.16. The molecule has 2 atom stereocenters.